The molecule has 2 rings (SSSR count). The van der Waals surface area contributed by atoms with Crippen molar-refractivity contribution in [3.8, 4) is 0 Å². The minimum Gasteiger partial charge on any atom is -0.362 e. The Kier molecular flexibility index (Phi) is 7.24. The summed E-state index contributed by atoms with van der Waals surface area (Å²) in [6.07, 6.45) is -0.951. The molecule has 0 spiro atoms. The number of nitrogens with zero attached hydrogens (tertiary/aromatic N) is 1. The molecule has 1 aromatic carbocycles. The minimum absolute atomic E-state index is 0.0819. The summed E-state index contributed by atoms with van der Waals surface area (Å²) in [6.45, 7) is 0.251. The number of aryl methyl sites for hydroxylation is 1. The molecular formula is C17H23F3N2O4S. The summed E-state index contributed by atoms with van der Waals surface area (Å²) in [6, 6.07) is 4.38. The number of amides is 1. The van der Waals surface area contributed by atoms with Crippen molar-refractivity contribution in [2.75, 3.05) is 31.6 Å². The van der Waals surface area contributed by atoms with Crippen LogP contribution in [-0.4, -0.2) is 51.1 Å². The van der Waals surface area contributed by atoms with Crippen LogP contribution in [-0.2, 0) is 19.6 Å². The number of sulfonamides is 1. The van der Waals surface area contributed by atoms with Crippen LogP contribution in [0.3, 0.4) is 0 Å². The first-order chi connectivity index (χ1) is 12.6. The Morgan fingerprint density at radius 1 is 1.19 bits per heavy atom. The number of hydrogen-bond donors (Lipinski definition) is 1. The molecule has 1 aromatic rings. The topological polar surface area (TPSA) is 75.7 Å². The average Bonchev–Trinajstić information content (AvgIpc) is 2.85. The zero-order chi connectivity index (χ0) is 20.1. The Hall–Kier alpha value is -1.65. The Bertz CT molecular complexity index is 758. The molecule has 0 saturated carbocycles. The van der Waals surface area contributed by atoms with Gasteiger partial charge in [0, 0.05) is 18.8 Å². The Morgan fingerprint density at radius 2 is 1.81 bits per heavy atom. The molecule has 6 nitrogen and oxygen atoms in total. The first kappa shape index (κ1) is 21.6. The van der Waals surface area contributed by atoms with Gasteiger partial charge in [0.15, 0.2) is 0 Å². The third kappa shape index (κ3) is 6.47. The highest BCUT2D eigenvalue weighted by Crippen LogP contribution is 2.26. The maximum absolute atomic E-state index is 12.9. The van der Waals surface area contributed by atoms with Gasteiger partial charge in [-0.15, -0.1) is 0 Å². The van der Waals surface area contributed by atoms with Crippen molar-refractivity contribution < 1.29 is 31.1 Å². The molecule has 0 aliphatic carbocycles. The van der Waals surface area contributed by atoms with Gasteiger partial charge in [0.2, 0.25) is 15.9 Å². The molecule has 0 atom stereocenters. The van der Waals surface area contributed by atoms with Crippen molar-refractivity contribution in [1.29, 1.82) is 0 Å². The highest BCUT2D eigenvalue weighted by molar-refractivity contribution is 7.89. The van der Waals surface area contributed by atoms with Crippen LogP contribution in [0.5, 0.6) is 0 Å². The summed E-state index contributed by atoms with van der Waals surface area (Å²) in [7, 11) is -3.71. The lowest BCUT2D eigenvalue weighted by molar-refractivity contribution is -0.174. The van der Waals surface area contributed by atoms with E-state index in [-0.39, 0.29) is 10.6 Å². The molecular weight excluding hydrogens is 385 g/mol. The van der Waals surface area contributed by atoms with Crippen LogP contribution in [0.1, 0.15) is 31.2 Å². The Balaban J connectivity index is 2.09. The third-order valence-corrected chi connectivity index (χ3v) is 6.19. The van der Waals surface area contributed by atoms with Crippen LogP contribution in [0.4, 0.5) is 18.9 Å². The van der Waals surface area contributed by atoms with E-state index in [4.69, 9.17) is 0 Å². The monoisotopic (exact) mass is 408 g/mol. The highest BCUT2D eigenvalue weighted by Gasteiger charge is 2.28. The van der Waals surface area contributed by atoms with E-state index in [9.17, 15) is 26.4 Å². The Morgan fingerprint density at radius 3 is 2.41 bits per heavy atom. The fourth-order valence-corrected chi connectivity index (χ4v) is 4.60. The number of anilines is 1. The number of ether oxygens (including phenoxy) is 1. The minimum atomic E-state index is -4.52. The molecule has 1 heterocycles. The van der Waals surface area contributed by atoms with Gasteiger partial charge in [-0.25, -0.2) is 8.42 Å². The van der Waals surface area contributed by atoms with Gasteiger partial charge in [0.25, 0.3) is 0 Å². The van der Waals surface area contributed by atoms with E-state index < -0.39 is 35.3 Å². The highest BCUT2D eigenvalue weighted by atomic mass is 32.2. The van der Waals surface area contributed by atoms with Gasteiger partial charge >= 0.3 is 6.18 Å². The first-order valence-electron chi connectivity index (χ1n) is 8.65. The average molecular weight is 408 g/mol. The number of nitrogens with one attached hydrogen (secondary N) is 1. The maximum atomic E-state index is 12.9. The maximum Gasteiger partial charge on any atom is 0.411 e. The summed E-state index contributed by atoms with van der Waals surface area (Å²) >= 11 is 0. The summed E-state index contributed by atoms with van der Waals surface area (Å²) in [5.74, 6) is -0.791. The van der Waals surface area contributed by atoms with Crippen molar-refractivity contribution in [2.24, 2.45) is 0 Å². The zero-order valence-electron chi connectivity index (χ0n) is 15.0. The van der Waals surface area contributed by atoms with E-state index in [1.165, 1.54) is 16.4 Å². The van der Waals surface area contributed by atoms with Crippen molar-refractivity contribution in [3.63, 3.8) is 0 Å². The van der Waals surface area contributed by atoms with Crippen LogP contribution < -0.4 is 5.32 Å². The number of benzene rings is 1. The Labute approximate surface area is 156 Å². The third-order valence-electron chi connectivity index (χ3n) is 4.15. The number of carbonyl (C=O) groups excluding carboxylic acids is 1. The van der Waals surface area contributed by atoms with Crippen molar-refractivity contribution in [2.45, 2.75) is 43.7 Å². The van der Waals surface area contributed by atoms with E-state index in [1.807, 2.05) is 0 Å². The molecule has 10 heteroatoms. The number of alkyl halides is 3. The SMILES string of the molecule is Cc1ccc(NC(=O)COCC(F)(F)F)cc1S(=O)(=O)N1CCCCCC1. The lowest BCUT2D eigenvalue weighted by Crippen LogP contribution is -2.32. The normalized spacial score (nSPS) is 16.7. The summed E-state index contributed by atoms with van der Waals surface area (Å²) in [5.41, 5.74) is 0.722. The van der Waals surface area contributed by atoms with Crippen LogP contribution in [0, 0.1) is 6.92 Å². The van der Waals surface area contributed by atoms with Gasteiger partial charge in [-0.1, -0.05) is 18.9 Å². The number of rotatable bonds is 6. The molecule has 1 saturated heterocycles. The van der Waals surface area contributed by atoms with Crippen molar-refractivity contribution in [3.05, 3.63) is 23.8 Å². The van der Waals surface area contributed by atoms with Crippen LogP contribution in [0.25, 0.3) is 0 Å². The second kappa shape index (κ2) is 9.03. The van der Waals surface area contributed by atoms with E-state index in [2.05, 4.69) is 10.1 Å². The predicted molar refractivity (Wildman–Crippen MR) is 93.9 cm³/mol. The smallest absolute Gasteiger partial charge is 0.362 e. The van der Waals surface area contributed by atoms with Gasteiger partial charge in [-0.2, -0.15) is 17.5 Å². The van der Waals surface area contributed by atoms with Crippen LogP contribution >= 0.6 is 0 Å². The number of hydrogen-bond acceptors (Lipinski definition) is 4. The van der Waals surface area contributed by atoms with Gasteiger partial charge in [0.05, 0.1) is 4.90 Å². The summed E-state index contributed by atoms with van der Waals surface area (Å²) < 4.78 is 67.8. The fourth-order valence-electron chi connectivity index (χ4n) is 2.83. The summed E-state index contributed by atoms with van der Waals surface area (Å²) in [4.78, 5) is 11.8. The van der Waals surface area contributed by atoms with Gasteiger partial charge in [-0.05, 0) is 37.5 Å². The molecule has 0 bridgehead atoms. The zero-order valence-corrected chi connectivity index (χ0v) is 15.8. The van der Waals surface area contributed by atoms with Gasteiger partial charge in [-0.3, -0.25) is 4.79 Å². The number of halogens is 3. The lowest BCUT2D eigenvalue weighted by atomic mass is 10.2. The molecule has 1 fully saturated rings. The summed E-state index contributed by atoms with van der Waals surface area (Å²) in [5, 5.41) is 2.37. The molecule has 0 unspecified atom stereocenters. The molecule has 152 valence electrons. The van der Waals surface area contributed by atoms with Crippen LogP contribution in [0.2, 0.25) is 0 Å². The second-order valence-corrected chi connectivity index (χ2v) is 8.36. The molecule has 0 radical (unpaired) electrons. The van der Waals surface area contributed by atoms with E-state index in [0.29, 0.717) is 18.7 Å². The van der Waals surface area contributed by atoms with Gasteiger partial charge < -0.3 is 10.1 Å². The number of carbonyl (C=O) groups is 1. The van der Waals surface area contributed by atoms with Crippen molar-refractivity contribution >= 4 is 21.6 Å². The van der Waals surface area contributed by atoms with Gasteiger partial charge in [0.1, 0.15) is 13.2 Å². The standard InChI is InChI=1S/C17H23F3N2O4S/c1-13-6-7-14(21-16(23)11-26-12-17(18,19)20)10-15(13)27(24,25)22-8-4-2-3-5-9-22/h6-7,10H,2-5,8-9,11-12H2,1H3,(H,21,23). The van der Waals surface area contributed by atoms with Crippen molar-refractivity contribution in [1.82, 2.24) is 4.31 Å². The van der Waals surface area contributed by atoms with E-state index in [0.717, 1.165) is 25.7 Å². The van der Waals surface area contributed by atoms with E-state index in [1.54, 1.807) is 13.0 Å². The molecule has 1 amide bonds. The predicted octanol–water partition coefficient (Wildman–Crippen LogP) is 3.08. The largest absolute Gasteiger partial charge is 0.411 e. The fraction of sp³-hybridized carbons (Fsp3) is 0.588. The first-order valence-corrected chi connectivity index (χ1v) is 10.1. The van der Waals surface area contributed by atoms with E-state index >= 15 is 0 Å². The molecule has 1 N–H and O–H groups in total. The van der Waals surface area contributed by atoms with Crippen LogP contribution in [0.15, 0.2) is 23.1 Å². The molecule has 0 aromatic heterocycles. The second-order valence-electron chi connectivity index (χ2n) is 6.45. The molecule has 1 aliphatic rings. The lowest BCUT2D eigenvalue weighted by Gasteiger charge is -2.21. The molecule has 1 aliphatic heterocycles. The quantitative estimate of drug-likeness (QED) is 0.785. The molecule has 27 heavy (non-hydrogen) atoms.